The van der Waals surface area contributed by atoms with Crippen LogP contribution >= 0.6 is 35.3 Å². The van der Waals surface area contributed by atoms with E-state index < -0.39 is 10.0 Å². The van der Waals surface area contributed by atoms with Gasteiger partial charge in [-0.15, -0.1) is 35.3 Å². The second kappa shape index (κ2) is 13.1. The van der Waals surface area contributed by atoms with Crippen LogP contribution in [0.4, 0.5) is 0 Å². The fraction of sp³-hybridized carbons (Fsp3) is 0.389. The normalized spacial score (nSPS) is 11.7. The molecule has 0 amide bonds. The largest absolute Gasteiger partial charge is 0.357 e. The third-order valence-corrected chi connectivity index (χ3v) is 6.41. The zero-order valence-electron chi connectivity index (χ0n) is 15.3. The van der Waals surface area contributed by atoms with Crippen LogP contribution < -0.4 is 15.4 Å². The first kappa shape index (κ1) is 23.9. The summed E-state index contributed by atoms with van der Waals surface area (Å²) in [4.78, 5) is 4.53. The van der Waals surface area contributed by atoms with Gasteiger partial charge in [0.05, 0.1) is 0 Å². The van der Waals surface area contributed by atoms with Gasteiger partial charge in [0, 0.05) is 26.2 Å². The van der Waals surface area contributed by atoms with E-state index in [1.54, 1.807) is 17.5 Å². The predicted molar refractivity (Wildman–Crippen MR) is 124 cm³/mol. The summed E-state index contributed by atoms with van der Waals surface area (Å²) in [6, 6.07) is 13.7. The van der Waals surface area contributed by atoms with Gasteiger partial charge in [-0.3, -0.25) is 4.99 Å². The van der Waals surface area contributed by atoms with Crippen molar-refractivity contribution in [3.8, 4) is 0 Å². The average molecular weight is 522 g/mol. The molecule has 0 saturated heterocycles. The Bertz CT molecular complexity index is 766. The van der Waals surface area contributed by atoms with Crippen molar-refractivity contribution in [3.05, 3.63) is 53.4 Å². The van der Waals surface area contributed by atoms with Crippen LogP contribution in [0.1, 0.15) is 18.9 Å². The number of hydrogen-bond acceptors (Lipinski definition) is 4. The highest BCUT2D eigenvalue weighted by atomic mass is 127. The Hall–Kier alpha value is -1.17. The molecule has 0 aliphatic carbocycles. The van der Waals surface area contributed by atoms with Gasteiger partial charge < -0.3 is 10.6 Å². The molecule has 0 aliphatic heterocycles. The van der Waals surface area contributed by atoms with Gasteiger partial charge in [-0.2, -0.15) is 0 Å². The van der Waals surface area contributed by atoms with Gasteiger partial charge in [0.15, 0.2) is 5.96 Å². The van der Waals surface area contributed by atoms with Crippen LogP contribution in [-0.4, -0.2) is 40.6 Å². The van der Waals surface area contributed by atoms with Gasteiger partial charge >= 0.3 is 0 Å². The molecule has 9 heteroatoms. The van der Waals surface area contributed by atoms with E-state index in [1.807, 2.05) is 25.1 Å². The zero-order chi connectivity index (χ0) is 18.7. The van der Waals surface area contributed by atoms with Crippen molar-refractivity contribution in [2.45, 2.75) is 24.0 Å². The number of guanidine groups is 1. The fourth-order valence-electron chi connectivity index (χ4n) is 2.31. The number of nitrogens with zero attached hydrogens (tertiary/aromatic N) is 1. The number of aliphatic imine (C=N–C) groups is 1. The highest BCUT2D eigenvalue weighted by molar-refractivity contribution is 14.0. The van der Waals surface area contributed by atoms with Crippen molar-refractivity contribution in [2.75, 3.05) is 26.2 Å². The Kier molecular flexibility index (Phi) is 11.6. The number of hydrogen-bond donors (Lipinski definition) is 3. The third kappa shape index (κ3) is 9.04. The number of halogens is 1. The topological polar surface area (TPSA) is 82.6 Å². The van der Waals surface area contributed by atoms with Crippen molar-refractivity contribution in [2.24, 2.45) is 4.99 Å². The van der Waals surface area contributed by atoms with Crippen LogP contribution in [0.3, 0.4) is 0 Å². The summed E-state index contributed by atoms with van der Waals surface area (Å²) < 4.78 is 27.0. The van der Waals surface area contributed by atoms with E-state index in [0.29, 0.717) is 29.8 Å². The SMILES string of the molecule is CCNC(=NCCCc1ccccc1)NCCNS(=O)(=O)c1cccs1.I. The summed E-state index contributed by atoms with van der Waals surface area (Å²) in [6.07, 6.45) is 1.95. The number of benzene rings is 1. The predicted octanol–water partition coefficient (Wildman–Crippen LogP) is 2.83. The van der Waals surface area contributed by atoms with Crippen molar-refractivity contribution in [1.82, 2.24) is 15.4 Å². The van der Waals surface area contributed by atoms with Crippen molar-refractivity contribution in [3.63, 3.8) is 0 Å². The van der Waals surface area contributed by atoms with Crippen LogP contribution in [0.25, 0.3) is 0 Å². The number of sulfonamides is 1. The van der Waals surface area contributed by atoms with Crippen LogP contribution in [0.15, 0.2) is 57.0 Å². The van der Waals surface area contributed by atoms with E-state index >= 15 is 0 Å². The van der Waals surface area contributed by atoms with Crippen LogP contribution in [0, 0.1) is 0 Å². The van der Waals surface area contributed by atoms with Gasteiger partial charge in [0.1, 0.15) is 4.21 Å². The highest BCUT2D eigenvalue weighted by Crippen LogP contribution is 2.14. The minimum absolute atomic E-state index is 0. The molecule has 1 aromatic heterocycles. The molecule has 0 atom stereocenters. The third-order valence-electron chi connectivity index (χ3n) is 3.55. The molecule has 0 saturated carbocycles. The molecule has 0 bridgehead atoms. The Labute approximate surface area is 182 Å². The first-order chi connectivity index (χ1) is 12.6. The average Bonchev–Trinajstić information content (AvgIpc) is 3.19. The van der Waals surface area contributed by atoms with Gasteiger partial charge in [-0.25, -0.2) is 13.1 Å². The smallest absolute Gasteiger partial charge is 0.250 e. The molecule has 27 heavy (non-hydrogen) atoms. The number of nitrogens with one attached hydrogen (secondary N) is 3. The second-order valence-electron chi connectivity index (χ2n) is 5.61. The fourth-order valence-corrected chi connectivity index (χ4v) is 4.38. The number of rotatable bonds is 10. The Morgan fingerprint density at radius 2 is 1.85 bits per heavy atom. The molecule has 0 unspecified atom stereocenters. The Morgan fingerprint density at radius 3 is 2.52 bits per heavy atom. The molecule has 1 aromatic carbocycles. The summed E-state index contributed by atoms with van der Waals surface area (Å²) >= 11 is 1.21. The van der Waals surface area contributed by atoms with Gasteiger partial charge in [-0.1, -0.05) is 36.4 Å². The first-order valence-corrected chi connectivity index (χ1v) is 11.1. The lowest BCUT2D eigenvalue weighted by atomic mass is 10.1. The molecular formula is C18H27IN4O2S2. The number of aryl methyl sites for hydroxylation is 1. The maximum absolute atomic E-state index is 12.0. The van der Waals surface area contributed by atoms with Crippen molar-refractivity contribution < 1.29 is 8.42 Å². The maximum atomic E-state index is 12.0. The minimum Gasteiger partial charge on any atom is -0.357 e. The minimum atomic E-state index is -3.41. The molecule has 1 heterocycles. The van der Waals surface area contributed by atoms with Gasteiger partial charge in [0.25, 0.3) is 0 Å². The van der Waals surface area contributed by atoms with Gasteiger partial charge in [-0.05, 0) is 36.8 Å². The van der Waals surface area contributed by atoms with Crippen molar-refractivity contribution >= 4 is 51.3 Å². The lowest BCUT2D eigenvalue weighted by Crippen LogP contribution is -2.41. The monoisotopic (exact) mass is 522 g/mol. The van der Waals surface area contributed by atoms with E-state index in [-0.39, 0.29) is 24.0 Å². The summed E-state index contributed by atoms with van der Waals surface area (Å²) in [5.74, 6) is 0.705. The molecule has 150 valence electrons. The first-order valence-electron chi connectivity index (χ1n) is 8.71. The molecule has 0 radical (unpaired) electrons. The molecule has 6 nitrogen and oxygen atoms in total. The second-order valence-corrected chi connectivity index (χ2v) is 8.55. The van der Waals surface area contributed by atoms with Gasteiger partial charge in [0.2, 0.25) is 10.0 Å². The highest BCUT2D eigenvalue weighted by Gasteiger charge is 2.13. The van der Waals surface area contributed by atoms with E-state index in [9.17, 15) is 8.42 Å². The Balaban J connectivity index is 0.00000364. The zero-order valence-corrected chi connectivity index (χ0v) is 19.3. The summed E-state index contributed by atoms with van der Waals surface area (Å²) in [6.45, 7) is 4.24. The molecule has 3 N–H and O–H groups in total. The van der Waals surface area contributed by atoms with Crippen LogP contribution in [-0.2, 0) is 16.4 Å². The van der Waals surface area contributed by atoms with Crippen LogP contribution in [0.2, 0.25) is 0 Å². The van der Waals surface area contributed by atoms with E-state index in [2.05, 4.69) is 32.5 Å². The lowest BCUT2D eigenvalue weighted by Gasteiger charge is -2.11. The quantitative estimate of drug-likeness (QED) is 0.194. The lowest BCUT2D eigenvalue weighted by molar-refractivity contribution is 0.582. The molecule has 0 fully saturated rings. The van der Waals surface area contributed by atoms with E-state index in [4.69, 9.17) is 0 Å². The van der Waals surface area contributed by atoms with E-state index in [1.165, 1.54) is 16.9 Å². The Morgan fingerprint density at radius 1 is 1.07 bits per heavy atom. The maximum Gasteiger partial charge on any atom is 0.250 e. The standard InChI is InChI=1S/C18H26N4O2S2.HI/c1-2-19-18(20-12-6-10-16-8-4-3-5-9-16)21-13-14-22-26(23,24)17-11-7-15-25-17;/h3-5,7-9,11,15,22H,2,6,10,12-14H2,1H3,(H2,19,20,21);1H. The molecule has 2 rings (SSSR count). The summed E-state index contributed by atoms with van der Waals surface area (Å²) in [7, 11) is -3.41. The summed E-state index contributed by atoms with van der Waals surface area (Å²) in [5, 5.41) is 8.07. The van der Waals surface area contributed by atoms with E-state index in [0.717, 1.165) is 19.4 Å². The molecule has 0 spiro atoms. The van der Waals surface area contributed by atoms with Crippen molar-refractivity contribution in [1.29, 1.82) is 0 Å². The summed E-state index contributed by atoms with van der Waals surface area (Å²) in [5.41, 5.74) is 1.31. The number of thiophene rings is 1. The molecular weight excluding hydrogens is 495 g/mol. The molecule has 0 aliphatic rings. The van der Waals surface area contributed by atoms with Crippen LogP contribution in [0.5, 0.6) is 0 Å². The molecule has 2 aromatic rings.